The van der Waals surface area contributed by atoms with Crippen molar-refractivity contribution in [1.29, 1.82) is 0 Å². The van der Waals surface area contributed by atoms with Crippen molar-refractivity contribution in [2.45, 2.75) is 46.1 Å². The molecule has 6 heteroatoms. The number of rotatable bonds is 6. The minimum Gasteiger partial charge on any atom is -0.444 e. The zero-order valence-electron chi connectivity index (χ0n) is 14.2. The molecular formula is C17H25FN2O3. The Balaban J connectivity index is 2.40. The summed E-state index contributed by atoms with van der Waals surface area (Å²) < 4.78 is 18.1. The monoisotopic (exact) mass is 324 g/mol. The van der Waals surface area contributed by atoms with E-state index in [1.54, 1.807) is 37.8 Å². The first-order chi connectivity index (χ1) is 10.7. The fourth-order valence-corrected chi connectivity index (χ4v) is 2.00. The summed E-state index contributed by atoms with van der Waals surface area (Å²) in [4.78, 5) is 25.3. The van der Waals surface area contributed by atoms with Crippen LogP contribution in [0.2, 0.25) is 0 Å². The van der Waals surface area contributed by atoms with Crippen molar-refractivity contribution in [3.8, 4) is 0 Å². The Hall–Kier alpha value is -2.11. The molecule has 0 aliphatic carbocycles. The molecule has 5 nitrogen and oxygen atoms in total. The number of carbonyl (C=O) groups excluding carboxylic acids is 2. The molecule has 1 aromatic rings. The van der Waals surface area contributed by atoms with Crippen molar-refractivity contribution in [3.05, 3.63) is 30.1 Å². The summed E-state index contributed by atoms with van der Waals surface area (Å²) in [6.07, 6.45) is 0.312. The van der Waals surface area contributed by atoms with E-state index < -0.39 is 11.7 Å². The van der Waals surface area contributed by atoms with Gasteiger partial charge in [0.1, 0.15) is 11.4 Å². The van der Waals surface area contributed by atoms with Gasteiger partial charge in [-0.3, -0.25) is 4.79 Å². The van der Waals surface area contributed by atoms with Crippen molar-refractivity contribution < 1.29 is 18.7 Å². The Morgan fingerprint density at radius 2 is 1.83 bits per heavy atom. The fourth-order valence-electron chi connectivity index (χ4n) is 2.00. The highest BCUT2D eigenvalue weighted by molar-refractivity contribution is 5.93. The SMILES string of the molecule is CCN(C(=O)CCCNC(=O)OC(C)(C)C)c1ccc(F)cc1. The van der Waals surface area contributed by atoms with Crippen LogP contribution in [-0.2, 0) is 9.53 Å². The van der Waals surface area contributed by atoms with E-state index >= 15 is 0 Å². The van der Waals surface area contributed by atoms with Crippen LogP contribution in [0.15, 0.2) is 24.3 Å². The number of nitrogens with zero attached hydrogens (tertiary/aromatic N) is 1. The maximum Gasteiger partial charge on any atom is 0.407 e. The number of amides is 2. The second kappa shape index (κ2) is 8.50. The number of anilines is 1. The molecule has 1 N–H and O–H groups in total. The first-order valence-electron chi connectivity index (χ1n) is 7.75. The molecule has 0 saturated carbocycles. The maximum atomic E-state index is 12.9. The Morgan fingerprint density at radius 3 is 2.35 bits per heavy atom. The highest BCUT2D eigenvalue weighted by Crippen LogP contribution is 2.16. The van der Waals surface area contributed by atoms with Gasteiger partial charge in [-0.05, 0) is 58.4 Å². The van der Waals surface area contributed by atoms with Crippen molar-refractivity contribution in [2.75, 3.05) is 18.0 Å². The van der Waals surface area contributed by atoms with Crippen LogP contribution < -0.4 is 10.2 Å². The minimum absolute atomic E-state index is 0.0647. The third-order valence-electron chi connectivity index (χ3n) is 2.99. The summed E-state index contributed by atoms with van der Waals surface area (Å²) in [5, 5.41) is 2.62. The average Bonchev–Trinajstić information content (AvgIpc) is 2.44. The van der Waals surface area contributed by atoms with Crippen molar-refractivity contribution in [1.82, 2.24) is 5.32 Å². The van der Waals surface area contributed by atoms with Crippen LogP contribution in [0.4, 0.5) is 14.9 Å². The van der Waals surface area contributed by atoms with Crippen LogP contribution in [0.5, 0.6) is 0 Å². The van der Waals surface area contributed by atoms with Crippen molar-refractivity contribution in [3.63, 3.8) is 0 Å². The lowest BCUT2D eigenvalue weighted by Crippen LogP contribution is -2.34. The molecule has 0 saturated heterocycles. The number of ether oxygens (including phenoxy) is 1. The van der Waals surface area contributed by atoms with Gasteiger partial charge in [-0.1, -0.05) is 0 Å². The van der Waals surface area contributed by atoms with Gasteiger partial charge in [-0.25, -0.2) is 9.18 Å². The second-order valence-corrected chi connectivity index (χ2v) is 6.15. The van der Waals surface area contributed by atoms with Gasteiger partial charge in [-0.15, -0.1) is 0 Å². The number of benzene rings is 1. The zero-order valence-corrected chi connectivity index (χ0v) is 14.2. The molecule has 0 bridgehead atoms. The molecule has 0 fully saturated rings. The number of alkyl carbamates (subject to hydrolysis) is 1. The van der Waals surface area contributed by atoms with E-state index in [-0.39, 0.29) is 11.7 Å². The van der Waals surface area contributed by atoms with E-state index in [1.807, 2.05) is 6.92 Å². The first kappa shape index (κ1) is 18.9. The van der Waals surface area contributed by atoms with Gasteiger partial charge in [0.15, 0.2) is 0 Å². The Morgan fingerprint density at radius 1 is 1.22 bits per heavy atom. The molecule has 0 aliphatic rings. The molecule has 0 aliphatic heterocycles. The molecule has 2 amide bonds. The van der Waals surface area contributed by atoms with E-state index in [9.17, 15) is 14.0 Å². The average molecular weight is 324 g/mol. The topological polar surface area (TPSA) is 58.6 Å². The number of hydrogen-bond donors (Lipinski definition) is 1. The molecule has 0 spiro atoms. The molecule has 0 aromatic heterocycles. The molecular weight excluding hydrogens is 299 g/mol. The largest absolute Gasteiger partial charge is 0.444 e. The first-order valence-corrected chi connectivity index (χ1v) is 7.75. The number of halogens is 1. The van der Waals surface area contributed by atoms with Gasteiger partial charge in [0.25, 0.3) is 0 Å². The number of carbonyl (C=O) groups is 2. The van der Waals surface area contributed by atoms with Gasteiger partial charge in [0.05, 0.1) is 0 Å². The molecule has 128 valence electrons. The van der Waals surface area contributed by atoms with E-state index in [1.165, 1.54) is 12.1 Å². The standard InChI is InChI=1S/C17H25FN2O3/c1-5-20(14-10-8-13(18)9-11-14)15(21)7-6-12-19-16(22)23-17(2,3)4/h8-11H,5-7,12H2,1-4H3,(H,19,22). The van der Waals surface area contributed by atoms with Crippen LogP contribution in [0.25, 0.3) is 0 Å². The zero-order chi connectivity index (χ0) is 17.5. The van der Waals surface area contributed by atoms with E-state index in [0.717, 1.165) is 0 Å². The number of nitrogens with one attached hydrogen (secondary N) is 1. The fraction of sp³-hybridized carbons (Fsp3) is 0.529. The van der Waals surface area contributed by atoms with Gasteiger partial charge in [0, 0.05) is 25.2 Å². The summed E-state index contributed by atoms with van der Waals surface area (Å²) in [6, 6.07) is 5.82. The molecule has 1 rings (SSSR count). The highest BCUT2D eigenvalue weighted by Gasteiger charge is 2.16. The smallest absolute Gasteiger partial charge is 0.407 e. The Bertz CT molecular complexity index is 524. The third-order valence-corrected chi connectivity index (χ3v) is 2.99. The molecule has 0 unspecified atom stereocenters. The Kier molecular flexibility index (Phi) is 7.00. The van der Waals surface area contributed by atoms with Crippen LogP contribution >= 0.6 is 0 Å². The summed E-state index contributed by atoms with van der Waals surface area (Å²) in [7, 11) is 0. The highest BCUT2D eigenvalue weighted by atomic mass is 19.1. The summed E-state index contributed by atoms with van der Waals surface area (Å²) in [6.45, 7) is 8.10. The number of hydrogen-bond acceptors (Lipinski definition) is 3. The summed E-state index contributed by atoms with van der Waals surface area (Å²) in [5.41, 5.74) is 0.126. The second-order valence-electron chi connectivity index (χ2n) is 6.15. The normalized spacial score (nSPS) is 11.0. The molecule has 0 heterocycles. The summed E-state index contributed by atoms with van der Waals surface area (Å²) in [5.74, 6) is -0.399. The van der Waals surface area contributed by atoms with Crippen LogP contribution in [0.3, 0.4) is 0 Å². The lowest BCUT2D eigenvalue weighted by Gasteiger charge is -2.21. The molecule has 0 atom stereocenters. The minimum atomic E-state index is -0.540. The van der Waals surface area contributed by atoms with Crippen molar-refractivity contribution in [2.24, 2.45) is 0 Å². The van der Waals surface area contributed by atoms with Crippen LogP contribution in [-0.4, -0.2) is 30.7 Å². The lowest BCUT2D eigenvalue weighted by atomic mass is 10.2. The van der Waals surface area contributed by atoms with E-state index in [0.29, 0.717) is 31.6 Å². The Labute approximate surface area is 136 Å². The van der Waals surface area contributed by atoms with Gasteiger partial charge in [-0.2, -0.15) is 0 Å². The molecule has 23 heavy (non-hydrogen) atoms. The molecule has 0 radical (unpaired) electrons. The maximum absolute atomic E-state index is 12.9. The quantitative estimate of drug-likeness (QED) is 0.815. The van der Waals surface area contributed by atoms with Crippen LogP contribution in [0, 0.1) is 5.82 Å². The van der Waals surface area contributed by atoms with Crippen molar-refractivity contribution >= 4 is 17.7 Å². The predicted molar refractivity (Wildman–Crippen MR) is 87.9 cm³/mol. The van der Waals surface area contributed by atoms with Crippen LogP contribution in [0.1, 0.15) is 40.5 Å². The van der Waals surface area contributed by atoms with Gasteiger partial charge >= 0.3 is 6.09 Å². The van der Waals surface area contributed by atoms with Gasteiger partial charge in [0.2, 0.25) is 5.91 Å². The van der Waals surface area contributed by atoms with E-state index in [2.05, 4.69) is 5.32 Å². The van der Waals surface area contributed by atoms with E-state index in [4.69, 9.17) is 4.74 Å². The lowest BCUT2D eigenvalue weighted by molar-refractivity contribution is -0.118. The summed E-state index contributed by atoms with van der Waals surface area (Å²) >= 11 is 0. The van der Waals surface area contributed by atoms with Gasteiger partial charge < -0.3 is 15.0 Å². The molecule has 1 aromatic carbocycles. The third kappa shape index (κ3) is 7.13. The predicted octanol–water partition coefficient (Wildman–Crippen LogP) is 3.48.